The summed E-state index contributed by atoms with van der Waals surface area (Å²) >= 11 is 0. The highest BCUT2D eigenvalue weighted by Gasteiger charge is 2.38. The highest BCUT2D eigenvalue weighted by molar-refractivity contribution is 5.18. The highest BCUT2D eigenvalue weighted by atomic mass is 19.1. The third-order valence-corrected chi connectivity index (χ3v) is 5.01. The maximum Gasteiger partial charge on any atom is 0.123 e. The fraction of sp³-hybridized carbons (Fsp3) is 0.625. The summed E-state index contributed by atoms with van der Waals surface area (Å²) in [6.45, 7) is 0. The van der Waals surface area contributed by atoms with Crippen molar-refractivity contribution in [1.82, 2.24) is 4.90 Å². The molecule has 0 saturated carbocycles. The summed E-state index contributed by atoms with van der Waals surface area (Å²) in [5.74, 6) is 0.363. The predicted octanol–water partition coefficient (Wildman–Crippen LogP) is 3.12. The van der Waals surface area contributed by atoms with E-state index in [1.54, 1.807) is 12.1 Å². The van der Waals surface area contributed by atoms with Crippen LogP contribution in [0.1, 0.15) is 43.8 Å². The number of hydrogen-bond acceptors (Lipinski definition) is 2. The van der Waals surface area contributed by atoms with Gasteiger partial charge in [0.25, 0.3) is 0 Å². The lowest BCUT2D eigenvalue weighted by Crippen LogP contribution is -2.40. The molecule has 2 bridgehead atoms. The maximum absolute atomic E-state index is 12.9. The molecular formula is C16H22FNO. The van der Waals surface area contributed by atoms with E-state index in [1.165, 1.54) is 37.8 Å². The molecule has 3 heteroatoms. The molecule has 0 aromatic heterocycles. The van der Waals surface area contributed by atoms with Gasteiger partial charge in [-0.3, -0.25) is 0 Å². The molecule has 2 nitrogen and oxygen atoms in total. The number of benzene rings is 1. The number of hydrogen-bond donors (Lipinski definition) is 1. The molecular weight excluding hydrogens is 241 g/mol. The highest BCUT2D eigenvalue weighted by Crippen LogP contribution is 2.40. The Bertz CT molecular complexity index is 419. The molecule has 2 aliphatic heterocycles. The van der Waals surface area contributed by atoms with E-state index in [-0.39, 0.29) is 5.82 Å². The van der Waals surface area contributed by atoms with Crippen molar-refractivity contribution >= 4 is 0 Å². The summed E-state index contributed by atoms with van der Waals surface area (Å²) in [7, 11) is 2.23. The molecule has 2 saturated heterocycles. The number of rotatable bonds is 3. The van der Waals surface area contributed by atoms with Crippen molar-refractivity contribution in [2.45, 2.75) is 50.3 Å². The first-order valence-corrected chi connectivity index (χ1v) is 7.29. The Morgan fingerprint density at radius 2 is 1.79 bits per heavy atom. The van der Waals surface area contributed by atoms with Gasteiger partial charge in [-0.1, -0.05) is 12.1 Å². The Labute approximate surface area is 114 Å². The summed E-state index contributed by atoms with van der Waals surface area (Å²) in [5, 5.41) is 10.3. The molecule has 0 radical (unpaired) electrons. The minimum atomic E-state index is -0.451. The molecule has 1 N–H and O–H groups in total. The fourth-order valence-corrected chi connectivity index (χ4v) is 3.85. The zero-order valence-corrected chi connectivity index (χ0v) is 11.4. The second-order valence-corrected chi connectivity index (χ2v) is 6.19. The van der Waals surface area contributed by atoms with E-state index in [9.17, 15) is 9.50 Å². The van der Waals surface area contributed by atoms with Crippen LogP contribution >= 0.6 is 0 Å². The minimum Gasteiger partial charge on any atom is -0.388 e. The Morgan fingerprint density at radius 3 is 2.37 bits per heavy atom. The Morgan fingerprint density at radius 1 is 1.21 bits per heavy atom. The SMILES string of the molecule is CN1C2CCC1CC(CC(O)c1ccc(F)cc1)C2. The van der Waals surface area contributed by atoms with Crippen molar-refractivity contribution in [1.29, 1.82) is 0 Å². The number of fused-ring (bicyclic) bond motifs is 2. The normalized spacial score (nSPS) is 32.5. The van der Waals surface area contributed by atoms with Crippen LogP contribution in [-0.4, -0.2) is 29.1 Å². The molecule has 1 aromatic rings. The molecule has 0 spiro atoms. The third-order valence-electron chi connectivity index (χ3n) is 5.01. The van der Waals surface area contributed by atoms with Crippen LogP contribution < -0.4 is 0 Å². The van der Waals surface area contributed by atoms with Crippen LogP contribution in [0.5, 0.6) is 0 Å². The van der Waals surface area contributed by atoms with E-state index < -0.39 is 6.10 Å². The molecule has 0 aliphatic carbocycles. The Hall–Kier alpha value is -0.930. The monoisotopic (exact) mass is 263 g/mol. The van der Waals surface area contributed by atoms with E-state index >= 15 is 0 Å². The summed E-state index contributed by atoms with van der Waals surface area (Å²) in [5.41, 5.74) is 0.840. The van der Waals surface area contributed by atoms with E-state index in [2.05, 4.69) is 11.9 Å². The minimum absolute atomic E-state index is 0.242. The number of aliphatic hydroxyl groups excluding tert-OH is 1. The number of nitrogens with zero attached hydrogens (tertiary/aromatic N) is 1. The second kappa shape index (κ2) is 5.22. The topological polar surface area (TPSA) is 23.5 Å². The predicted molar refractivity (Wildman–Crippen MR) is 73.3 cm³/mol. The molecule has 19 heavy (non-hydrogen) atoms. The quantitative estimate of drug-likeness (QED) is 0.905. The standard InChI is InChI=1S/C16H22FNO/c1-18-14-6-7-15(18)9-11(8-14)10-16(19)12-2-4-13(17)5-3-12/h2-5,11,14-16,19H,6-10H2,1H3. The lowest BCUT2D eigenvalue weighted by atomic mass is 9.85. The molecule has 3 rings (SSSR count). The van der Waals surface area contributed by atoms with Gasteiger partial charge in [-0.25, -0.2) is 4.39 Å². The molecule has 2 aliphatic rings. The van der Waals surface area contributed by atoms with Crippen molar-refractivity contribution in [2.24, 2.45) is 5.92 Å². The van der Waals surface area contributed by atoms with Gasteiger partial charge < -0.3 is 10.0 Å². The maximum atomic E-state index is 12.9. The summed E-state index contributed by atoms with van der Waals surface area (Å²) in [4.78, 5) is 2.51. The first-order valence-electron chi connectivity index (χ1n) is 7.29. The van der Waals surface area contributed by atoms with Crippen LogP contribution in [0.3, 0.4) is 0 Å². The van der Waals surface area contributed by atoms with E-state index in [0.717, 1.165) is 12.0 Å². The molecule has 104 valence electrons. The van der Waals surface area contributed by atoms with Crippen LogP contribution in [0.25, 0.3) is 0 Å². The van der Waals surface area contributed by atoms with Gasteiger partial charge in [0.15, 0.2) is 0 Å². The van der Waals surface area contributed by atoms with Gasteiger partial charge in [-0.15, -0.1) is 0 Å². The number of halogens is 1. The van der Waals surface area contributed by atoms with Crippen LogP contribution in [0, 0.1) is 11.7 Å². The van der Waals surface area contributed by atoms with Crippen LogP contribution in [0.15, 0.2) is 24.3 Å². The van der Waals surface area contributed by atoms with Gasteiger partial charge in [0, 0.05) is 12.1 Å². The summed E-state index contributed by atoms with van der Waals surface area (Å²) < 4.78 is 12.9. The van der Waals surface area contributed by atoms with Gasteiger partial charge in [0.1, 0.15) is 5.82 Å². The van der Waals surface area contributed by atoms with E-state index in [1.807, 2.05) is 0 Å². The molecule has 0 amide bonds. The number of aliphatic hydroxyl groups is 1. The van der Waals surface area contributed by atoms with Crippen LogP contribution in [0.2, 0.25) is 0 Å². The van der Waals surface area contributed by atoms with Gasteiger partial charge in [0.2, 0.25) is 0 Å². The van der Waals surface area contributed by atoms with Gasteiger partial charge in [-0.2, -0.15) is 0 Å². The first kappa shape index (κ1) is 13.1. The summed E-state index contributed by atoms with van der Waals surface area (Å²) in [6, 6.07) is 7.68. The lowest BCUT2D eigenvalue weighted by molar-refractivity contribution is 0.0836. The first-order chi connectivity index (χ1) is 9.13. The largest absolute Gasteiger partial charge is 0.388 e. The van der Waals surface area contributed by atoms with Crippen molar-refractivity contribution in [3.63, 3.8) is 0 Å². The average Bonchev–Trinajstić information content (AvgIpc) is 2.63. The molecule has 3 atom stereocenters. The molecule has 2 heterocycles. The van der Waals surface area contributed by atoms with Crippen molar-refractivity contribution < 1.29 is 9.50 Å². The zero-order valence-electron chi connectivity index (χ0n) is 11.4. The second-order valence-electron chi connectivity index (χ2n) is 6.19. The third kappa shape index (κ3) is 2.67. The van der Waals surface area contributed by atoms with Crippen molar-refractivity contribution in [3.8, 4) is 0 Å². The Balaban J connectivity index is 1.61. The van der Waals surface area contributed by atoms with Crippen LogP contribution in [0.4, 0.5) is 4.39 Å². The smallest absolute Gasteiger partial charge is 0.123 e. The fourth-order valence-electron chi connectivity index (χ4n) is 3.85. The van der Waals surface area contributed by atoms with Gasteiger partial charge >= 0.3 is 0 Å². The van der Waals surface area contributed by atoms with E-state index in [0.29, 0.717) is 18.0 Å². The van der Waals surface area contributed by atoms with E-state index in [4.69, 9.17) is 0 Å². The lowest BCUT2D eigenvalue weighted by Gasteiger charge is -2.37. The van der Waals surface area contributed by atoms with Gasteiger partial charge in [-0.05, 0) is 62.8 Å². The van der Waals surface area contributed by atoms with Crippen LogP contribution in [-0.2, 0) is 0 Å². The molecule has 2 fully saturated rings. The molecule has 1 aromatic carbocycles. The van der Waals surface area contributed by atoms with Crippen molar-refractivity contribution in [3.05, 3.63) is 35.6 Å². The van der Waals surface area contributed by atoms with Gasteiger partial charge in [0.05, 0.1) is 6.10 Å². The number of piperidine rings is 1. The molecule has 3 unspecified atom stereocenters. The van der Waals surface area contributed by atoms with Crippen molar-refractivity contribution in [2.75, 3.05) is 7.05 Å². The zero-order chi connectivity index (χ0) is 13.4. The average molecular weight is 263 g/mol. The summed E-state index contributed by atoms with van der Waals surface area (Å²) in [6.07, 6.45) is 5.38. The Kier molecular flexibility index (Phi) is 3.59.